The zero-order chi connectivity index (χ0) is 21.9. The molecule has 1 aliphatic heterocycles. The molecule has 0 saturated carbocycles. The number of hydrogen-bond donors (Lipinski definition) is 1. The average Bonchev–Trinajstić information content (AvgIpc) is 3.13. The van der Waals surface area contributed by atoms with Gasteiger partial charge in [-0.2, -0.15) is 5.10 Å². The molecule has 0 aromatic heterocycles. The van der Waals surface area contributed by atoms with E-state index in [1.165, 1.54) is 31.2 Å². The highest BCUT2D eigenvalue weighted by atomic mass is 19.2. The third-order valence-electron chi connectivity index (χ3n) is 4.43. The molecule has 0 saturated heterocycles. The van der Waals surface area contributed by atoms with Crippen LogP contribution < -0.4 is 5.43 Å². The minimum Gasteiger partial charge on any atom is -0.459 e. The molecule has 3 rings (SSSR count). The van der Waals surface area contributed by atoms with E-state index in [0.717, 1.165) is 12.1 Å². The summed E-state index contributed by atoms with van der Waals surface area (Å²) >= 11 is 0. The molecule has 0 aliphatic carbocycles. The van der Waals surface area contributed by atoms with Gasteiger partial charge in [0.05, 0.1) is 0 Å². The van der Waals surface area contributed by atoms with Crippen molar-refractivity contribution in [1.29, 1.82) is 0 Å². The van der Waals surface area contributed by atoms with Gasteiger partial charge in [-0.1, -0.05) is 24.3 Å². The van der Waals surface area contributed by atoms with Crippen molar-refractivity contribution in [1.82, 2.24) is 5.43 Å². The Kier molecular flexibility index (Phi) is 6.04. The summed E-state index contributed by atoms with van der Waals surface area (Å²) in [6.07, 6.45) is -0.220. The predicted octanol–water partition coefficient (Wildman–Crippen LogP) is 3.14. The Balaban J connectivity index is 1.55. The lowest BCUT2D eigenvalue weighted by atomic mass is 9.97. The van der Waals surface area contributed by atoms with Crippen molar-refractivity contribution < 1.29 is 36.6 Å². The molecular weight excluding hydrogens is 408 g/mol. The largest absolute Gasteiger partial charge is 0.459 e. The number of hydrazone groups is 1. The van der Waals surface area contributed by atoms with Crippen LogP contribution in [0.1, 0.15) is 24.5 Å². The summed E-state index contributed by atoms with van der Waals surface area (Å²) < 4.78 is 63.6. The van der Waals surface area contributed by atoms with E-state index in [9.17, 15) is 27.2 Å². The summed E-state index contributed by atoms with van der Waals surface area (Å²) in [6, 6.07) is 6.93. The van der Waals surface area contributed by atoms with Gasteiger partial charge < -0.3 is 9.47 Å². The molecule has 1 heterocycles. The third kappa shape index (κ3) is 4.42. The van der Waals surface area contributed by atoms with Crippen molar-refractivity contribution in [2.24, 2.45) is 5.10 Å². The molecule has 10 heteroatoms. The van der Waals surface area contributed by atoms with Crippen molar-refractivity contribution in [2.45, 2.75) is 32.1 Å². The molecule has 2 aromatic carbocycles. The minimum atomic E-state index is -1.44. The van der Waals surface area contributed by atoms with E-state index in [1.54, 1.807) is 0 Å². The molecule has 0 amide bonds. The molecule has 30 heavy (non-hydrogen) atoms. The summed E-state index contributed by atoms with van der Waals surface area (Å²) in [6.45, 7) is 0.354. The van der Waals surface area contributed by atoms with Gasteiger partial charge in [-0.25, -0.2) is 27.2 Å². The van der Waals surface area contributed by atoms with Crippen LogP contribution in [0.3, 0.4) is 0 Å². The Morgan fingerprint density at radius 1 is 0.967 bits per heavy atom. The Morgan fingerprint density at radius 2 is 1.50 bits per heavy atom. The first kappa shape index (κ1) is 21.3. The number of rotatable bonds is 6. The topological polar surface area (TPSA) is 77.0 Å². The molecular formula is C20H16F4N2O4. The lowest BCUT2D eigenvalue weighted by molar-refractivity contribution is -0.151. The number of ether oxygens (including phenoxy) is 2. The first-order chi connectivity index (χ1) is 14.2. The summed E-state index contributed by atoms with van der Waals surface area (Å²) in [5, 5.41) is 3.74. The van der Waals surface area contributed by atoms with Crippen LogP contribution in [0, 0.1) is 23.3 Å². The van der Waals surface area contributed by atoms with Gasteiger partial charge in [0.15, 0.2) is 28.8 Å². The van der Waals surface area contributed by atoms with Crippen molar-refractivity contribution in [3.63, 3.8) is 0 Å². The SMILES string of the molecule is CC1(C(=O)OCc2cccc(F)c2F)CC(C(=O)OCc2cccc(F)c2F)=NN1. The number of halogens is 4. The van der Waals surface area contributed by atoms with Gasteiger partial charge in [0.1, 0.15) is 18.9 Å². The van der Waals surface area contributed by atoms with Gasteiger partial charge in [-0.3, -0.25) is 5.43 Å². The highest BCUT2D eigenvalue weighted by Crippen LogP contribution is 2.22. The maximum Gasteiger partial charge on any atom is 0.354 e. The Morgan fingerprint density at radius 3 is 2.07 bits per heavy atom. The maximum absolute atomic E-state index is 13.7. The molecule has 0 bridgehead atoms. The summed E-state index contributed by atoms with van der Waals surface area (Å²) in [7, 11) is 0. The van der Waals surface area contributed by atoms with Crippen LogP contribution in [0.15, 0.2) is 41.5 Å². The van der Waals surface area contributed by atoms with Crippen molar-refractivity contribution in [2.75, 3.05) is 0 Å². The predicted molar refractivity (Wildman–Crippen MR) is 95.9 cm³/mol. The number of esters is 2. The molecule has 1 aliphatic rings. The molecule has 0 fully saturated rings. The summed E-state index contributed by atoms with van der Waals surface area (Å²) in [4.78, 5) is 24.5. The number of hydrogen-bond acceptors (Lipinski definition) is 6. The van der Waals surface area contributed by atoms with Gasteiger partial charge in [0.2, 0.25) is 0 Å². The van der Waals surface area contributed by atoms with E-state index in [2.05, 4.69) is 10.5 Å². The Bertz CT molecular complexity index is 1030. The fraction of sp³-hybridized carbons (Fsp3) is 0.250. The molecule has 158 valence electrons. The highest BCUT2D eigenvalue weighted by Gasteiger charge is 2.42. The summed E-state index contributed by atoms with van der Waals surface area (Å²) in [5.74, 6) is -6.19. The lowest BCUT2D eigenvalue weighted by Crippen LogP contribution is -2.45. The van der Waals surface area contributed by atoms with Crippen LogP contribution in [0.4, 0.5) is 17.6 Å². The lowest BCUT2D eigenvalue weighted by Gasteiger charge is -2.21. The minimum absolute atomic E-state index is 0.150. The van der Waals surface area contributed by atoms with Gasteiger partial charge >= 0.3 is 11.9 Å². The molecule has 1 unspecified atom stereocenters. The van der Waals surface area contributed by atoms with Crippen LogP contribution in [0.25, 0.3) is 0 Å². The second-order valence-corrected chi connectivity index (χ2v) is 6.76. The van der Waals surface area contributed by atoms with Gasteiger partial charge in [0.25, 0.3) is 0 Å². The monoisotopic (exact) mass is 424 g/mol. The number of carbonyl (C=O) groups excluding carboxylic acids is 2. The second kappa shape index (κ2) is 8.52. The van der Waals surface area contributed by atoms with Crippen molar-refractivity contribution in [3.05, 3.63) is 70.8 Å². The first-order valence-corrected chi connectivity index (χ1v) is 8.75. The van der Waals surface area contributed by atoms with Crippen LogP contribution in [-0.2, 0) is 32.3 Å². The van der Waals surface area contributed by atoms with Crippen LogP contribution >= 0.6 is 0 Å². The van der Waals surface area contributed by atoms with Crippen LogP contribution in [0.5, 0.6) is 0 Å². The van der Waals surface area contributed by atoms with Crippen molar-refractivity contribution in [3.8, 4) is 0 Å². The number of nitrogens with one attached hydrogen (secondary N) is 1. The quantitative estimate of drug-likeness (QED) is 0.570. The van der Waals surface area contributed by atoms with E-state index < -0.39 is 54.0 Å². The number of benzene rings is 2. The van der Waals surface area contributed by atoms with Gasteiger partial charge in [-0.15, -0.1) is 0 Å². The number of nitrogens with zero attached hydrogens (tertiary/aromatic N) is 1. The van der Waals surface area contributed by atoms with Crippen LogP contribution in [0.2, 0.25) is 0 Å². The fourth-order valence-corrected chi connectivity index (χ4v) is 2.69. The Labute approximate surface area is 168 Å². The van der Waals surface area contributed by atoms with E-state index in [0.29, 0.717) is 0 Å². The average molecular weight is 424 g/mol. The Hall–Kier alpha value is -3.43. The normalized spacial score (nSPS) is 17.8. The maximum atomic E-state index is 13.7. The molecule has 1 atom stereocenters. The highest BCUT2D eigenvalue weighted by molar-refractivity contribution is 6.37. The van der Waals surface area contributed by atoms with E-state index >= 15 is 0 Å². The van der Waals surface area contributed by atoms with E-state index in [4.69, 9.17) is 9.47 Å². The van der Waals surface area contributed by atoms with Gasteiger partial charge in [0, 0.05) is 17.5 Å². The smallest absolute Gasteiger partial charge is 0.354 e. The molecule has 2 aromatic rings. The molecule has 0 radical (unpaired) electrons. The molecule has 1 N–H and O–H groups in total. The molecule has 6 nitrogen and oxygen atoms in total. The van der Waals surface area contributed by atoms with Gasteiger partial charge in [-0.05, 0) is 19.1 Å². The van der Waals surface area contributed by atoms with E-state index in [1.807, 2.05) is 0 Å². The fourth-order valence-electron chi connectivity index (χ4n) is 2.69. The zero-order valence-corrected chi connectivity index (χ0v) is 15.7. The third-order valence-corrected chi connectivity index (χ3v) is 4.43. The standard InChI is InChI=1S/C20H16F4N2O4/c1-20(19(28)30-10-12-5-3-7-14(22)17(12)24)8-15(25-26-20)18(27)29-9-11-4-2-6-13(21)16(11)23/h2-7,26H,8-10H2,1H3. The summed E-state index contributed by atoms with van der Waals surface area (Å²) in [5.41, 5.74) is 0.541. The second-order valence-electron chi connectivity index (χ2n) is 6.76. The van der Waals surface area contributed by atoms with Crippen LogP contribution in [-0.4, -0.2) is 23.2 Å². The number of carbonyl (C=O) groups is 2. The van der Waals surface area contributed by atoms with E-state index in [-0.39, 0.29) is 23.3 Å². The zero-order valence-electron chi connectivity index (χ0n) is 15.7. The van der Waals surface area contributed by atoms with Crippen molar-refractivity contribution >= 4 is 17.7 Å². The first-order valence-electron chi connectivity index (χ1n) is 8.75. The molecule has 0 spiro atoms.